The van der Waals surface area contributed by atoms with E-state index in [1.54, 1.807) is 6.07 Å². The van der Waals surface area contributed by atoms with E-state index in [2.05, 4.69) is 0 Å². The van der Waals surface area contributed by atoms with Crippen molar-refractivity contribution in [2.75, 3.05) is 0 Å². The van der Waals surface area contributed by atoms with Crippen molar-refractivity contribution in [3.63, 3.8) is 0 Å². The Hall–Kier alpha value is -1.65. The predicted octanol–water partition coefficient (Wildman–Crippen LogP) is 1.29. The lowest BCUT2D eigenvalue weighted by molar-refractivity contribution is -0.141. The Bertz CT molecular complexity index is 526. The van der Waals surface area contributed by atoms with Gasteiger partial charge in [0.1, 0.15) is 5.16 Å². The van der Waals surface area contributed by atoms with E-state index in [4.69, 9.17) is 5.11 Å². The summed E-state index contributed by atoms with van der Waals surface area (Å²) >= 11 is 0. The molecule has 0 saturated heterocycles. The van der Waals surface area contributed by atoms with Crippen LogP contribution in [0.25, 0.3) is 0 Å². The van der Waals surface area contributed by atoms with Gasteiger partial charge in [-0.3, -0.25) is 14.2 Å². The molecule has 6 nitrogen and oxygen atoms in total. The second-order valence-corrected chi connectivity index (χ2v) is 7.04. The molecule has 0 aliphatic carbocycles. The number of aliphatic carboxylic acids is 2. The van der Waals surface area contributed by atoms with Crippen LogP contribution in [0.2, 0.25) is 0 Å². The van der Waals surface area contributed by atoms with Gasteiger partial charge in [0.25, 0.3) is 0 Å². The lowest BCUT2D eigenvalue weighted by atomic mass is 10.1. The maximum absolute atomic E-state index is 12.5. The number of hydrogen-bond acceptors (Lipinski definition) is 3. The molecule has 0 fully saturated rings. The third-order valence-corrected chi connectivity index (χ3v) is 5.81. The number of rotatable bonds is 6. The molecule has 7 heteroatoms. The summed E-state index contributed by atoms with van der Waals surface area (Å²) in [6.45, 7) is 1.10. The molecule has 2 unspecified atom stereocenters. The minimum Gasteiger partial charge on any atom is -0.481 e. The van der Waals surface area contributed by atoms with Crippen LogP contribution in [-0.4, -0.2) is 32.2 Å². The van der Waals surface area contributed by atoms with Crippen LogP contribution in [0.5, 0.6) is 0 Å². The van der Waals surface area contributed by atoms with Crippen LogP contribution in [-0.2, 0) is 14.2 Å². The second-order valence-electron chi connectivity index (χ2n) is 4.38. The molecule has 1 aromatic rings. The van der Waals surface area contributed by atoms with Crippen molar-refractivity contribution in [2.24, 2.45) is 0 Å². The summed E-state index contributed by atoms with van der Waals surface area (Å²) in [5.41, 5.74) is 0. The van der Waals surface area contributed by atoms with Gasteiger partial charge in [0.2, 0.25) is 7.37 Å². The number of carboxylic acids is 2. The molecule has 104 valence electrons. The van der Waals surface area contributed by atoms with E-state index in [-0.39, 0.29) is 5.30 Å². The van der Waals surface area contributed by atoms with Gasteiger partial charge in [-0.2, -0.15) is 0 Å². The van der Waals surface area contributed by atoms with Crippen molar-refractivity contribution in [1.82, 2.24) is 0 Å². The summed E-state index contributed by atoms with van der Waals surface area (Å²) < 4.78 is 12.5. The average Bonchev–Trinajstić information content (AvgIpc) is 2.36. The van der Waals surface area contributed by atoms with E-state index in [1.165, 1.54) is 24.3 Å². The van der Waals surface area contributed by atoms with Gasteiger partial charge in [-0.25, -0.2) is 0 Å². The van der Waals surface area contributed by atoms with Crippen molar-refractivity contribution in [3.05, 3.63) is 30.3 Å². The minimum atomic E-state index is -4.24. The summed E-state index contributed by atoms with van der Waals surface area (Å²) in [4.78, 5) is 32.1. The monoisotopic (exact) mass is 286 g/mol. The minimum absolute atomic E-state index is 0.00490. The summed E-state index contributed by atoms with van der Waals surface area (Å²) in [7, 11) is -4.24. The smallest absolute Gasteiger partial charge is 0.319 e. The van der Waals surface area contributed by atoms with E-state index in [0.29, 0.717) is 0 Å². The topological polar surface area (TPSA) is 112 Å². The van der Waals surface area contributed by atoms with Crippen molar-refractivity contribution in [2.45, 2.75) is 24.9 Å². The summed E-state index contributed by atoms with van der Waals surface area (Å²) in [5.74, 6) is -2.69. The molecule has 0 saturated carbocycles. The molecule has 1 aromatic carbocycles. The van der Waals surface area contributed by atoms with E-state index in [1.807, 2.05) is 0 Å². The van der Waals surface area contributed by atoms with Gasteiger partial charge in [0.15, 0.2) is 0 Å². The third-order valence-electron chi connectivity index (χ3n) is 3.06. The van der Waals surface area contributed by atoms with Gasteiger partial charge in [-0.1, -0.05) is 18.2 Å². The summed E-state index contributed by atoms with van der Waals surface area (Å²) in [6.07, 6.45) is -0.902. The van der Waals surface area contributed by atoms with Crippen LogP contribution in [0.15, 0.2) is 30.3 Å². The van der Waals surface area contributed by atoms with Crippen molar-refractivity contribution >= 4 is 24.6 Å². The molecular weight excluding hydrogens is 271 g/mol. The lowest BCUT2D eigenvalue weighted by Gasteiger charge is -2.29. The Morgan fingerprint density at radius 1 is 1.21 bits per heavy atom. The van der Waals surface area contributed by atoms with E-state index < -0.39 is 37.3 Å². The SMILES string of the molecule is CC(CCC(=O)O)(C(=O)O)P(=O)(O)c1ccccc1. The van der Waals surface area contributed by atoms with Gasteiger partial charge in [0, 0.05) is 11.7 Å². The van der Waals surface area contributed by atoms with Gasteiger partial charge in [0.05, 0.1) is 0 Å². The normalized spacial score (nSPS) is 17.2. The van der Waals surface area contributed by atoms with Gasteiger partial charge < -0.3 is 15.1 Å². The number of carbonyl (C=O) groups is 2. The highest BCUT2D eigenvalue weighted by molar-refractivity contribution is 7.68. The van der Waals surface area contributed by atoms with Crippen molar-refractivity contribution < 1.29 is 29.3 Å². The van der Waals surface area contributed by atoms with Crippen LogP contribution in [0.1, 0.15) is 19.8 Å². The van der Waals surface area contributed by atoms with Crippen molar-refractivity contribution in [3.8, 4) is 0 Å². The second kappa shape index (κ2) is 5.55. The quantitative estimate of drug-likeness (QED) is 0.679. The van der Waals surface area contributed by atoms with E-state index >= 15 is 0 Å². The molecular formula is C12H15O6P. The zero-order chi connectivity index (χ0) is 14.7. The molecule has 0 aliphatic heterocycles. The Morgan fingerprint density at radius 2 is 1.74 bits per heavy atom. The molecule has 0 radical (unpaired) electrons. The largest absolute Gasteiger partial charge is 0.481 e. The van der Waals surface area contributed by atoms with Crippen LogP contribution < -0.4 is 5.30 Å². The number of benzene rings is 1. The fourth-order valence-corrected chi connectivity index (χ4v) is 3.47. The van der Waals surface area contributed by atoms with Gasteiger partial charge in [-0.15, -0.1) is 0 Å². The lowest BCUT2D eigenvalue weighted by Crippen LogP contribution is -2.39. The average molecular weight is 286 g/mol. The Labute approximate surface area is 110 Å². The highest BCUT2D eigenvalue weighted by Gasteiger charge is 2.50. The molecule has 0 amide bonds. The maximum Gasteiger partial charge on any atom is 0.319 e. The van der Waals surface area contributed by atoms with Crippen LogP contribution >= 0.6 is 7.37 Å². The van der Waals surface area contributed by atoms with Crippen LogP contribution in [0.3, 0.4) is 0 Å². The standard InChI is InChI=1S/C12H15O6P/c1-12(11(15)16,8-7-10(13)14)19(17,18)9-5-3-2-4-6-9/h2-6H,7-8H2,1H3,(H,13,14)(H,15,16)(H,17,18). The molecule has 2 atom stereocenters. The van der Waals surface area contributed by atoms with Crippen LogP contribution in [0.4, 0.5) is 0 Å². The maximum atomic E-state index is 12.5. The first-order valence-corrected chi connectivity index (χ1v) is 7.21. The van der Waals surface area contributed by atoms with Gasteiger partial charge >= 0.3 is 11.9 Å². The Kier molecular flexibility index (Phi) is 4.50. The summed E-state index contributed by atoms with van der Waals surface area (Å²) in [6, 6.07) is 7.42. The first-order valence-electron chi connectivity index (χ1n) is 5.55. The van der Waals surface area contributed by atoms with E-state index in [0.717, 1.165) is 6.92 Å². The van der Waals surface area contributed by atoms with Crippen LogP contribution in [0, 0.1) is 0 Å². The molecule has 0 heterocycles. The third kappa shape index (κ3) is 3.03. The summed E-state index contributed by atoms with van der Waals surface area (Å²) in [5, 5.41) is 15.8. The zero-order valence-corrected chi connectivity index (χ0v) is 11.2. The molecule has 3 N–H and O–H groups in total. The Morgan fingerprint density at radius 3 is 2.16 bits per heavy atom. The fourth-order valence-electron chi connectivity index (χ4n) is 1.65. The highest BCUT2D eigenvalue weighted by atomic mass is 31.2. The molecule has 1 rings (SSSR count). The zero-order valence-electron chi connectivity index (χ0n) is 10.3. The molecule has 0 spiro atoms. The number of hydrogen-bond donors (Lipinski definition) is 3. The molecule has 0 aliphatic rings. The van der Waals surface area contributed by atoms with Gasteiger partial charge in [-0.05, 0) is 25.5 Å². The molecule has 19 heavy (non-hydrogen) atoms. The first kappa shape index (κ1) is 15.4. The Balaban J connectivity index is 3.21. The molecule has 0 aromatic heterocycles. The fraction of sp³-hybridized carbons (Fsp3) is 0.333. The van der Waals surface area contributed by atoms with E-state index in [9.17, 15) is 24.2 Å². The van der Waals surface area contributed by atoms with Crippen molar-refractivity contribution in [1.29, 1.82) is 0 Å². The highest BCUT2D eigenvalue weighted by Crippen LogP contribution is 2.55. The predicted molar refractivity (Wildman–Crippen MR) is 68.8 cm³/mol. The first-order chi connectivity index (χ1) is 8.72. The molecule has 0 bridgehead atoms. The number of carboxylic acid groups (broad SMARTS) is 2.